The Labute approximate surface area is 169 Å². The summed E-state index contributed by atoms with van der Waals surface area (Å²) in [6.45, 7) is 4.72. The first-order chi connectivity index (χ1) is 13.6. The smallest absolute Gasteiger partial charge is 0.129 e. The molecule has 0 fully saturated rings. The van der Waals surface area contributed by atoms with E-state index in [4.69, 9.17) is 16.6 Å². The van der Waals surface area contributed by atoms with Gasteiger partial charge in [-0.3, -0.25) is 4.98 Å². The van der Waals surface area contributed by atoms with E-state index < -0.39 is 0 Å². The summed E-state index contributed by atoms with van der Waals surface area (Å²) >= 11 is 6.20. The zero-order valence-corrected chi connectivity index (χ0v) is 16.8. The van der Waals surface area contributed by atoms with Crippen molar-refractivity contribution in [2.24, 2.45) is 0 Å². The first-order valence-corrected chi connectivity index (χ1v) is 9.99. The summed E-state index contributed by atoms with van der Waals surface area (Å²) in [6, 6.07) is 15.4. The highest BCUT2D eigenvalue weighted by Gasteiger charge is 2.13. The Morgan fingerprint density at radius 2 is 1.71 bits per heavy atom. The Bertz CT molecular complexity index is 1100. The largest absolute Gasteiger partial charge is 0.342 e. The molecule has 4 heteroatoms. The fourth-order valence-corrected chi connectivity index (χ4v) is 4.01. The molecule has 0 N–H and O–H groups in total. The van der Waals surface area contributed by atoms with E-state index in [1.807, 2.05) is 17.0 Å². The number of pyridine rings is 1. The van der Waals surface area contributed by atoms with Gasteiger partial charge in [0.15, 0.2) is 0 Å². The number of hydrogen-bond acceptors (Lipinski definition) is 1. The van der Waals surface area contributed by atoms with Crippen molar-refractivity contribution in [1.82, 2.24) is 9.55 Å². The summed E-state index contributed by atoms with van der Waals surface area (Å²) in [5.74, 6) is -0.289. The standard InChI is InChI=1S/C24H22ClFN2/c1-3-16-7-5-8-17(4-2)24(16)22-13-18-11-12-28(23(18)14-27-22)15-19-20(25)9-6-10-21(19)26/h5-14H,3-4,15H2,1-2H3. The highest BCUT2D eigenvalue weighted by Crippen LogP contribution is 2.30. The van der Waals surface area contributed by atoms with Crippen LogP contribution in [0.1, 0.15) is 30.5 Å². The predicted octanol–water partition coefficient (Wildman–Crippen LogP) is 6.67. The fraction of sp³-hybridized carbons (Fsp3) is 0.208. The molecule has 0 aliphatic rings. The number of halogens is 2. The van der Waals surface area contributed by atoms with Gasteiger partial charge in [-0.25, -0.2) is 4.39 Å². The molecule has 28 heavy (non-hydrogen) atoms. The molecule has 4 rings (SSSR count). The Morgan fingerprint density at radius 3 is 2.39 bits per heavy atom. The van der Waals surface area contributed by atoms with E-state index in [1.54, 1.807) is 12.1 Å². The van der Waals surface area contributed by atoms with Crippen molar-refractivity contribution in [3.63, 3.8) is 0 Å². The number of nitrogens with zero attached hydrogens (tertiary/aromatic N) is 2. The minimum absolute atomic E-state index is 0.289. The number of rotatable bonds is 5. The summed E-state index contributed by atoms with van der Waals surface area (Å²) in [5, 5.41) is 1.53. The lowest BCUT2D eigenvalue weighted by Gasteiger charge is -2.13. The maximum atomic E-state index is 14.2. The van der Waals surface area contributed by atoms with Crippen LogP contribution in [0.5, 0.6) is 0 Å². The normalized spacial score (nSPS) is 11.3. The van der Waals surface area contributed by atoms with Crippen molar-refractivity contribution in [2.45, 2.75) is 33.2 Å². The first kappa shape index (κ1) is 18.7. The van der Waals surface area contributed by atoms with E-state index in [0.717, 1.165) is 29.4 Å². The van der Waals surface area contributed by atoms with E-state index in [1.165, 1.54) is 22.8 Å². The molecule has 0 radical (unpaired) electrons. The van der Waals surface area contributed by atoms with Gasteiger partial charge in [0.05, 0.1) is 24.0 Å². The predicted molar refractivity (Wildman–Crippen MR) is 114 cm³/mol. The molecule has 0 atom stereocenters. The summed E-state index contributed by atoms with van der Waals surface area (Å²) in [7, 11) is 0. The molecular formula is C24H22ClFN2. The maximum absolute atomic E-state index is 14.2. The number of fused-ring (bicyclic) bond motifs is 1. The van der Waals surface area contributed by atoms with Gasteiger partial charge in [-0.1, -0.05) is 49.7 Å². The SMILES string of the molecule is CCc1cccc(CC)c1-c1cc2ccn(Cc3c(F)cccc3Cl)c2cn1. The van der Waals surface area contributed by atoms with Crippen molar-refractivity contribution in [2.75, 3.05) is 0 Å². The third-order valence-corrected chi connectivity index (χ3v) is 5.66. The Morgan fingerprint density at radius 1 is 1.00 bits per heavy atom. The molecular weight excluding hydrogens is 371 g/mol. The second-order valence-electron chi connectivity index (χ2n) is 6.93. The molecule has 0 saturated carbocycles. The van der Waals surface area contributed by atoms with Gasteiger partial charge in [0.2, 0.25) is 0 Å². The van der Waals surface area contributed by atoms with Crippen LogP contribution in [0.3, 0.4) is 0 Å². The monoisotopic (exact) mass is 392 g/mol. The number of benzene rings is 2. The third-order valence-electron chi connectivity index (χ3n) is 5.30. The zero-order valence-electron chi connectivity index (χ0n) is 16.0. The van der Waals surface area contributed by atoms with Crippen LogP contribution in [0.25, 0.3) is 22.2 Å². The molecule has 2 heterocycles. The number of aryl methyl sites for hydroxylation is 2. The molecule has 0 aliphatic heterocycles. The number of aromatic nitrogens is 2. The molecule has 0 amide bonds. The van der Waals surface area contributed by atoms with Gasteiger partial charge in [0, 0.05) is 27.7 Å². The van der Waals surface area contributed by atoms with Crippen LogP contribution in [-0.4, -0.2) is 9.55 Å². The van der Waals surface area contributed by atoms with Gasteiger partial charge in [-0.15, -0.1) is 0 Å². The highest BCUT2D eigenvalue weighted by molar-refractivity contribution is 6.31. The van der Waals surface area contributed by atoms with E-state index in [-0.39, 0.29) is 5.82 Å². The van der Waals surface area contributed by atoms with E-state index >= 15 is 0 Å². The van der Waals surface area contributed by atoms with Crippen molar-refractivity contribution < 1.29 is 4.39 Å². The van der Waals surface area contributed by atoms with Crippen LogP contribution < -0.4 is 0 Å². The van der Waals surface area contributed by atoms with Crippen LogP contribution in [0, 0.1) is 5.82 Å². The Balaban J connectivity index is 1.78. The quantitative estimate of drug-likeness (QED) is 0.371. The molecule has 2 aromatic heterocycles. The van der Waals surface area contributed by atoms with Crippen LogP contribution in [0.2, 0.25) is 5.02 Å². The van der Waals surface area contributed by atoms with Gasteiger partial charge in [-0.05, 0) is 48.2 Å². The number of hydrogen-bond donors (Lipinski definition) is 0. The molecule has 0 unspecified atom stereocenters. The lowest BCUT2D eigenvalue weighted by atomic mass is 9.94. The third kappa shape index (κ3) is 3.31. The van der Waals surface area contributed by atoms with Gasteiger partial charge < -0.3 is 4.57 Å². The molecule has 0 spiro atoms. The molecule has 2 nitrogen and oxygen atoms in total. The minimum atomic E-state index is -0.289. The van der Waals surface area contributed by atoms with Crippen molar-refractivity contribution in [1.29, 1.82) is 0 Å². The van der Waals surface area contributed by atoms with Gasteiger partial charge in [-0.2, -0.15) is 0 Å². The van der Waals surface area contributed by atoms with Crippen LogP contribution in [0.15, 0.2) is 60.9 Å². The summed E-state index contributed by atoms with van der Waals surface area (Å²) < 4.78 is 16.2. The molecule has 0 bridgehead atoms. The molecule has 0 aliphatic carbocycles. The first-order valence-electron chi connectivity index (χ1n) is 9.61. The van der Waals surface area contributed by atoms with Crippen molar-refractivity contribution in [3.8, 4) is 11.3 Å². The maximum Gasteiger partial charge on any atom is 0.129 e. The zero-order chi connectivity index (χ0) is 19.7. The van der Waals surface area contributed by atoms with E-state index in [2.05, 4.69) is 44.2 Å². The fourth-order valence-electron chi connectivity index (χ4n) is 3.79. The van der Waals surface area contributed by atoms with Crippen LogP contribution >= 0.6 is 11.6 Å². The van der Waals surface area contributed by atoms with Crippen LogP contribution in [-0.2, 0) is 19.4 Å². The average molecular weight is 393 g/mol. The van der Waals surface area contributed by atoms with Crippen molar-refractivity contribution >= 4 is 22.5 Å². The van der Waals surface area contributed by atoms with E-state index in [0.29, 0.717) is 17.1 Å². The summed E-state index contributed by atoms with van der Waals surface area (Å²) in [6.07, 6.45) is 5.78. The molecule has 2 aromatic carbocycles. The second-order valence-corrected chi connectivity index (χ2v) is 7.34. The minimum Gasteiger partial charge on any atom is -0.342 e. The van der Waals surface area contributed by atoms with Crippen LogP contribution in [0.4, 0.5) is 4.39 Å². The average Bonchev–Trinajstić information content (AvgIpc) is 3.12. The van der Waals surface area contributed by atoms with Gasteiger partial charge in [0.25, 0.3) is 0 Å². The van der Waals surface area contributed by atoms with Gasteiger partial charge >= 0.3 is 0 Å². The highest BCUT2D eigenvalue weighted by atomic mass is 35.5. The lowest BCUT2D eigenvalue weighted by Crippen LogP contribution is -2.02. The summed E-state index contributed by atoms with van der Waals surface area (Å²) in [5.41, 5.74) is 6.31. The van der Waals surface area contributed by atoms with Crippen molar-refractivity contribution in [3.05, 3.63) is 88.5 Å². The topological polar surface area (TPSA) is 17.8 Å². The lowest BCUT2D eigenvalue weighted by molar-refractivity contribution is 0.602. The molecule has 142 valence electrons. The Kier molecular flexibility index (Phi) is 5.19. The van der Waals surface area contributed by atoms with E-state index in [9.17, 15) is 4.39 Å². The molecule has 0 saturated heterocycles. The summed E-state index contributed by atoms with van der Waals surface area (Å²) in [4.78, 5) is 4.77. The second kappa shape index (κ2) is 7.76. The molecule has 4 aromatic rings. The Hall–Kier alpha value is -2.65. The van der Waals surface area contributed by atoms with Gasteiger partial charge in [0.1, 0.15) is 5.82 Å².